The lowest BCUT2D eigenvalue weighted by molar-refractivity contribution is 0.0950. The van der Waals surface area contributed by atoms with E-state index in [1.165, 1.54) is 11.8 Å². The SMILES string of the molecule is CCNC(=O)c1coc(CN(Cc2ccccc2)Cc2cccc(OC)c2)n1. The zero-order chi connectivity index (χ0) is 19.8. The predicted molar refractivity (Wildman–Crippen MR) is 107 cm³/mol. The number of amides is 1. The van der Waals surface area contributed by atoms with E-state index in [0.717, 1.165) is 17.9 Å². The summed E-state index contributed by atoms with van der Waals surface area (Å²) in [4.78, 5) is 18.5. The maximum atomic E-state index is 11.9. The van der Waals surface area contributed by atoms with Crippen LogP contribution in [0.25, 0.3) is 0 Å². The summed E-state index contributed by atoms with van der Waals surface area (Å²) in [5.74, 6) is 1.12. The first-order valence-electron chi connectivity index (χ1n) is 9.29. The number of rotatable bonds is 9. The Balaban J connectivity index is 1.76. The Labute approximate surface area is 165 Å². The van der Waals surface area contributed by atoms with Crippen LogP contribution in [0, 0.1) is 0 Å². The fourth-order valence-electron chi connectivity index (χ4n) is 2.97. The fraction of sp³-hybridized carbons (Fsp3) is 0.273. The van der Waals surface area contributed by atoms with Gasteiger partial charge in [-0.3, -0.25) is 9.69 Å². The monoisotopic (exact) mass is 379 g/mol. The number of carbonyl (C=O) groups excluding carboxylic acids is 1. The highest BCUT2D eigenvalue weighted by molar-refractivity contribution is 5.91. The maximum absolute atomic E-state index is 11.9. The highest BCUT2D eigenvalue weighted by Crippen LogP contribution is 2.18. The summed E-state index contributed by atoms with van der Waals surface area (Å²) >= 11 is 0. The van der Waals surface area contributed by atoms with Crippen LogP contribution in [0.1, 0.15) is 34.4 Å². The minimum atomic E-state index is -0.222. The van der Waals surface area contributed by atoms with Crippen molar-refractivity contribution in [1.29, 1.82) is 0 Å². The normalized spacial score (nSPS) is 10.8. The van der Waals surface area contributed by atoms with E-state index < -0.39 is 0 Å². The van der Waals surface area contributed by atoms with E-state index in [0.29, 0.717) is 31.2 Å². The van der Waals surface area contributed by atoms with Crippen LogP contribution >= 0.6 is 0 Å². The van der Waals surface area contributed by atoms with Gasteiger partial charge in [0.1, 0.15) is 12.0 Å². The number of nitrogens with zero attached hydrogens (tertiary/aromatic N) is 2. The van der Waals surface area contributed by atoms with E-state index in [-0.39, 0.29) is 5.91 Å². The van der Waals surface area contributed by atoms with Crippen LogP contribution in [0.3, 0.4) is 0 Å². The second kappa shape index (κ2) is 9.71. The van der Waals surface area contributed by atoms with Crippen molar-refractivity contribution in [2.24, 2.45) is 0 Å². The number of methoxy groups -OCH3 is 1. The molecule has 0 atom stereocenters. The average molecular weight is 379 g/mol. The summed E-state index contributed by atoms with van der Waals surface area (Å²) in [5, 5.41) is 2.73. The molecule has 146 valence electrons. The molecule has 0 saturated carbocycles. The van der Waals surface area contributed by atoms with Crippen molar-refractivity contribution >= 4 is 5.91 Å². The summed E-state index contributed by atoms with van der Waals surface area (Å²) < 4.78 is 10.9. The number of oxazole rings is 1. The minimum absolute atomic E-state index is 0.222. The van der Waals surface area contributed by atoms with Crippen LogP contribution in [0.15, 0.2) is 65.3 Å². The Morgan fingerprint density at radius 1 is 1.07 bits per heavy atom. The smallest absolute Gasteiger partial charge is 0.273 e. The Hall–Kier alpha value is -3.12. The van der Waals surface area contributed by atoms with Gasteiger partial charge in [-0.15, -0.1) is 0 Å². The van der Waals surface area contributed by atoms with Crippen molar-refractivity contribution in [3.63, 3.8) is 0 Å². The number of hydrogen-bond donors (Lipinski definition) is 1. The van der Waals surface area contributed by atoms with E-state index in [4.69, 9.17) is 9.15 Å². The third-order valence-electron chi connectivity index (χ3n) is 4.27. The Morgan fingerprint density at radius 3 is 2.57 bits per heavy atom. The van der Waals surface area contributed by atoms with Gasteiger partial charge in [-0.2, -0.15) is 0 Å². The molecule has 0 unspecified atom stereocenters. The van der Waals surface area contributed by atoms with Gasteiger partial charge >= 0.3 is 0 Å². The molecule has 3 aromatic rings. The number of aromatic nitrogens is 1. The van der Waals surface area contributed by atoms with E-state index in [9.17, 15) is 4.79 Å². The van der Waals surface area contributed by atoms with Crippen molar-refractivity contribution in [3.05, 3.63) is 83.6 Å². The van der Waals surface area contributed by atoms with Gasteiger partial charge in [-0.1, -0.05) is 42.5 Å². The second-order valence-electron chi connectivity index (χ2n) is 6.47. The van der Waals surface area contributed by atoms with Gasteiger partial charge in [0.2, 0.25) is 5.89 Å². The van der Waals surface area contributed by atoms with Crippen molar-refractivity contribution in [2.75, 3.05) is 13.7 Å². The zero-order valence-electron chi connectivity index (χ0n) is 16.2. The van der Waals surface area contributed by atoms with Gasteiger partial charge in [0.25, 0.3) is 5.91 Å². The Bertz CT molecular complexity index is 893. The number of ether oxygens (including phenoxy) is 1. The molecule has 28 heavy (non-hydrogen) atoms. The number of benzene rings is 2. The molecule has 1 heterocycles. The van der Waals surface area contributed by atoms with Gasteiger partial charge in [-0.05, 0) is 30.2 Å². The number of nitrogens with one attached hydrogen (secondary N) is 1. The molecule has 0 aliphatic carbocycles. The lowest BCUT2D eigenvalue weighted by Gasteiger charge is -2.21. The summed E-state index contributed by atoms with van der Waals surface area (Å²) in [6.45, 7) is 4.35. The van der Waals surface area contributed by atoms with Gasteiger partial charge in [-0.25, -0.2) is 4.98 Å². The van der Waals surface area contributed by atoms with Gasteiger partial charge in [0.15, 0.2) is 5.69 Å². The highest BCUT2D eigenvalue weighted by atomic mass is 16.5. The standard InChI is InChI=1S/C22H25N3O3/c1-3-23-22(26)20-16-28-21(24-20)15-25(13-17-8-5-4-6-9-17)14-18-10-7-11-19(12-18)27-2/h4-12,16H,3,13-15H2,1-2H3,(H,23,26). The molecule has 0 saturated heterocycles. The van der Waals surface area contributed by atoms with Crippen LogP contribution in [0.2, 0.25) is 0 Å². The molecule has 0 spiro atoms. The molecular weight excluding hydrogens is 354 g/mol. The van der Waals surface area contributed by atoms with Crippen molar-refractivity contribution in [1.82, 2.24) is 15.2 Å². The molecule has 1 N–H and O–H groups in total. The second-order valence-corrected chi connectivity index (χ2v) is 6.47. The first-order valence-corrected chi connectivity index (χ1v) is 9.29. The first kappa shape index (κ1) is 19.6. The lowest BCUT2D eigenvalue weighted by atomic mass is 10.1. The van der Waals surface area contributed by atoms with Crippen LogP contribution in [-0.4, -0.2) is 29.4 Å². The molecule has 1 amide bonds. The summed E-state index contributed by atoms with van der Waals surface area (Å²) in [5.41, 5.74) is 2.63. The minimum Gasteiger partial charge on any atom is -0.497 e. The summed E-state index contributed by atoms with van der Waals surface area (Å²) in [6, 6.07) is 18.2. The molecule has 0 aliphatic heterocycles. The number of hydrogen-bond acceptors (Lipinski definition) is 5. The third-order valence-corrected chi connectivity index (χ3v) is 4.27. The first-order chi connectivity index (χ1) is 13.7. The Morgan fingerprint density at radius 2 is 1.82 bits per heavy atom. The molecule has 0 bridgehead atoms. The van der Waals surface area contributed by atoms with Crippen molar-refractivity contribution in [3.8, 4) is 5.75 Å². The summed E-state index contributed by atoms with van der Waals surface area (Å²) in [6.07, 6.45) is 1.41. The van der Waals surface area contributed by atoms with E-state index in [2.05, 4.69) is 33.4 Å². The molecular formula is C22H25N3O3. The van der Waals surface area contributed by atoms with Gasteiger partial charge < -0.3 is 14.5 Å². The summed E-state index contributed by atoms with van der Waals surface area (Å²) in [7, 11) is 1.66. The van der Waals surface area contributed by atoms with E-state index >= 15 is 0 Å². The van der Waals surface area contributed by atoms with Gasteiger partial charge in [0.05, 0.1) is 13.7 Å². The van der Waals surface area contributed by atoms with E-state index in [1.807, 2.05) is 43.3 Å². The molecule has 2 aromatic carbocycles. The molecule has 6 nitrogen and oxygen atoms in total. The van der Waals surface area contributed by atoms with Crippen LogP contribution in [-0.2, 0) is 19.6 Å². The van der Waals surface area contributed by atoms with Crippen molar-refractivity contribution < 1.29 is 13.9 Å². The van der Waals surface area contributed by atoms with Gasteiger partial charge in [0, 0.05) is 19.6 Å². The quantitative estimate of drug-likeness (QED) is 0.615. The highest BCUT2D eigenvalue weighted by Gasteiger charge is 2.15. The molecule has 6 heteroatoms. The van der Waals surface area contributed by atoms with Crippen LogP contribution in [0.5, 0.6) is 5.75 Å². The largest absolute Gasteiger partial charge is 0.497 e. The average Bonchev–Trinajstić information content (AvgIpc) is 3.18. The van der Waals surface area contributed by atoms with E-state index in [1.54, 1.807) is 7.11 Å². The molecule has 3 rings (SSSR count). The molecule has 0 fully saturated rings. The predicted octanol–water partition coefficient (Wildman–Crippen LogP) is 3.64. The van der Waals surface area contributed by atoms with Crippen LogP contribution < -0.4 is 10.1 Å². The molecule has 1 aromatic heterocycles. The lowest BCUT2D eigenvalue weighted by Crippen LogP contribution is -2.24. The van der Waals surface area contributed by atoms with Crippen molar-refractivity contribution in [2.45, 2.75) is 26.6 Å². The topological polar surface area (TPSA) is 67.6 Å². The zero-order valence-corrected chi connectivity index (χ0v) is 16.2. The third kappa shape index (κ3) is 5.44. The van der Waals surface area contributed by atoms with Crippen LogP contribution in [0.4, 0.5) is 0 Å². The molecule has 0 radical (unpaired) electrons. The number of carbonyl (C=O) groups is 1. The Kier molecular flexibility index (Phi) is 6.81. The maximum Gasteiger partial charge on any atom is 0.273 e. The fourth-order valence-corrected chi connectivity index (χ4v) is 2.97. The molecule has 0 aliphatic rings.